The molecule has 1 saturated heterocycles. The normalized spacial score (nSPS) is 17.9. The molecule has 25 heavy (non-hydrogen) atoms. The third-order valence-electron chi connectivity index (χ3n) is 3.88. The second kappa shape index (κ2) is 8.13. The van der Waals surface area contributed by atoms with E-state index < -0.39 is 10.5 Å². The number of hydrogen-bond acceptors (Lipinski definition) is 6. The van der Waals surface area contributed by atoms with E-state index >= 15 is 0 Å². The third-order valence-corrected chi connectivity index (χ3v) is 3.88. The molecule has 0 saturated carbocycles. The molecule has 1 fully saturated rings. The number of ether oxygens (including phenoxy) is 2. The summed E-state index contributed by atoms with van der Waals surface area (Å²) in [5, 5.41) is 10.9. The minimum atomic E-state index is -0.509. The van der Waals surface area contributed by atoms with Crippen LogP contribution in [0.15, 0.2) is 18.3 Å². The lowest BCUT2D eigenvalue weighted by Gasteiger charge is -2.34. The molecule has 0 spiro atoms. The number of rotatable bonds is 5. The highest BCUT2D eigenvalue weighted by molar-refractivity contribution is 5.68. The van der Waals surface area contributed by atoms with Crippen molar-refractivity contribution in [3.05, 3.63) is 28.4 Å². The number of pyridine rings is 1. The van der Waals surface area contributed by atoms with E-state index in [1.807, 2.05) is 20.8 Å². The van der Waals surface area contributed by atoms with E-state index in [0.717, 1.165) is 12.8 Å². The molecule has 1 aliphatic heterocycles. The number of carbonyl (C=O) groups is 1. The van der Waals surface area contributed by atoms with Crippen LogP contribution in [0.1, 0.15) is 40.0 Å². The van der Waals surface area contributed by atoms with E-state index in [1.54, 1.807) is 4.90 Å². The largest absolute Gasteiger partial charge is 0.473 e. The second-order valence-corrected chi connectivity index (χ2v) is 7.16. The van der Waals surface area contributed by atoms with Gasteiger partial charge in [-0.2, -0.15) is 0 Å². The van der Waals surface area contributed by atoms with Crippen molar-refractivity contribution in [2.24, 2.45) is 5.92 Å². The second-order valence-electron chi connectivity index (χ2n) is 7.16. The number of amides is 1. The molecular weight excluding hydrogens is 326 g/mol. The summed E-state index contributed by atoms with van der Waals surface area (Å²) in [6, 6.07) is 2.87. The molecule has 2 heterocycles. The minimum absolute atomic E-state index is 0.0345. The number of hydrogen-bond donors (Lipinski definition) is 0. The van der Waals surface area contributed by atoms with Crippen molar-refractivity contribution < 1.29 is 19.2 Å². The Balaban J connectivity index is 1.83. The minimum Gasteiger partial charge on any atom is -0.473 e. The van der Waals surface area contributed by atoms with Crippen molar-refractivity contribution in [2.75, 3.05) is 19.7 Å². The molecule has 0 N–H and O–H groups in total. The lowest BCUT2D eigenvalue weighted by atomic mass is 9.95. The van der Waals surface area contributed by atoms with Crippen molar-refractivity contribution >= 4 is 11.8 Å². The Bertz CT molecular complexity index is 615. The molecule has 8 heteroatoms. The number of piperidine rings is 1. The Labute approximate surface area is 147 Å². The smallest absolute Gasteiger partial charge is 0.410 e. The average Bonchev–Trinajstić information content (AvgIpc) is 2.54. The topological polar surface area (TPSA) is 94.8 Å². The van der Waals surface area contributed by atoms with Gasteiger partial charge in [-0.15, -0.1) is 0 Å². The summed E-state index contributed by atoms with van der Waals surface area (Å²) in [4.78, 5) is 28.2. The SMILES string of the molecule is CC(C)(C)OC(=O)N1CCCC(CCOc2ncccc2[N+](=O)[O-])C1. The molecule has 1 aromatic rings. The Morgan fingerprint density at radius 3 is 2.92 bits per heavy atom. The lowest BCUT2D eigenvalue weighted by Crippen LogP contribution is -2.43. The predicted octanol–water partition coefficient (Wildman–Crippen LogP) is 3.41. The van der Waals surface area contributed by atoms with Gasteiger partial charge in [0.05, 0.1) is 11.5 Å². The Morgan fingerprint density at radius 1 is 1.48 bits per heavy atom. The van der Waals surface area contributed by atoms with Crippen LogP contribution in [-0.4, -0.2) is 46.2 Å². The monoisotopic (exact) mass is 351 g/mol. The molecule has 138 valence electrons. The van der Waals surface area contributed by atoms with Gasteiger partial charge in [-0.1, -0.05) is 0 Å². The maximum absolute atomic E-state index is 12.2. The van der Waals surface area contributed by atoms with Gasteiger partial charge in [-0.05, 0) is 52.0 Å². The highest BCUT2D eigenvalue weighted by Gasteiger charge is 2.27. The lowest BCUT2D eigenvalue weighted by molar-refractivity contribution is -0.386. The zero-order valence-corrected chi connectivity index (χ0v) is 14.9. The number of likely N-dealkylation sites (tertiary alicyclic amines) is 1. The molecular formula is C17H25N3O5. The van der Waals surface area contributed by atoms with E-state index in [2.05, 4.69) is 4.98 Å². The summed E-state index contributed by atoms with van der Waals surface area (Å²) in [6.07, 6.45) is 3.78. The molecule has 1 amide bonds. The number of carbonyl (C=O) groups excluding carboxylic acids is 1. The number of aromatic nitrogens is 1. The summed E-state index contributed by atoms with van der Waals surface area (Å²) in [6.45, 7) is 7.17. The number of nitrogens with zero attached hydrogens (tertiary/aromatic N) is 3. The van der Waals surface area contributed by atoms with Crippen molar-refractivity contribution in [3.8, 4) is 5.88 Å². The van der Waals surface area contributed by atoms with Crippen molar-refractivity contribution in [1.82, 2.24) is 9.88 Å². The quantitative estimate of drug-likeness (QED) is 0.596. The maximum atomic E-state index is 12.2. The molecule has 0 aromatic carbocycles. The molecule has 2 rings (SSSR count). The van der Waals surface area contributed by atoms with Crippen LogP contribution >= 0.6 is 0 Å². The average molecular weight is 351 g/mol. The molecule has 1 atom stereocenters. The van der Waals surface area contributed by atoms with Gasteiger partial charge >= 0.3 is 11.8 Å². The van der Waals surface area contributed by atoms with Gasteiger partial charge in [0.2, 0.25) is 0 Å². The standard InChI is InChI=1S/C17H25N3O5/c1-17(2,3)25-16(21)19-10-5-6-13(12-19)8-11-24-15-14(20(22)23)7-4-9-18-15/h4,7,9,13H,5-6,8,10-12H2,1-3H3. The summed E-state index contributed by atoms with van der Waals surface area (Å²) < 4.78 is 10.9. The fourth-order valence-electron chi connectivity index (χ4n) is 2.75. The fraction of sp³-hybridized carbons (Fsp3) is 0.647. The van der Waals surface area contributed by atoms with Crippen LogP contribution < -0.4 is 4.74 Å². The van der Waals surface area contributed by atoms with Crippen LogP contribution in [0, 0.1) is 16.0 Å². The fourth-order valence-corrected chi connectivity index (χ4v) is 2.75. The van der Waals surface area contributed by atoms with Gasteiger partial charge in [0.25, 0.3) is 5.88 Å². The zero-order chi connectivity index (χ0) is 18.4. The highest BCUT2D eigenvalue weighted by atomic mass is 16.6. The first-order chi connectivity index (χ1) is 11.8. The predicted molar refractivity (Wildman–Crippen MR) is 91.5 cm³/mol. The van der Waals surface area contributed by atoms with Crippen LogP contribution in [0.4, 0.5) is 10.5 Å². The summed E-state index contributed by atoms with van der Waals surface area (Å²) in [5.41, 5.74) is -0.646. The molecule has 1 unspecified atom stereocenters. The van der Waals surface area contributed by atoms with E-state index in [0.29, 0.717) is 26.1 Å². The molecule has 0 radical (unpaired) electrons. The van der Waals surface area contributed by atoms with Gasteiger partial charge in [0.15, 0.2) is 0 Å². The van der Waals surface area contributed by atoms with Crippen LogP contribution in [-0.2, 0) is 4.74 Å². The van der Waals surface area contributed by atoms with Crippen molar-refractivity contribution in [3.63, 3.8) is 0 Å². The van der Waals surface area contributed by atoms with Gasteiger partial charge in [-0.3, -0.25) is 10.1 Å². The molecule has 0 aliphatic carbocycles. The number of nitro groups is 1. The molecule has 0 bridgehead atoms. The first kappa shape index (κ1) is 19.0. The van der Waals surface area contributed by atoms with E-state index in [1.165, 1.54) is 18.3 Å². The first-order valence-electron chi connectivity index (χ1n) is 8.46. The van der Waals surface area contributed by atoms with Crippen LogP contribution in [0.2, 0.25) is 0 Å². The van der Waals surface area contributed by atoms with Crippen molar-refractivity contribution in [1.29, 1.82) is 0 Å². The highest BCUT2D eigenvalue weighted by Crippen LogP contribution is 2.25. The van der Waals surface area contributed by atoms with Gasteiger partial charge < -0.3 is 14.4 Å². The maximum Gasteiger partial charge on any atom is 0.410 e. The van der Waals surface area contributed by atoms with Crippen LogP contribution in [0.5, 0.6) is 5.88 Å². The van der Waals surface area contributed by atoms with Crippen LogP contribution in [0.25, 0.3) is 0 Å². The van der Waals surface area contributed by atoms with Crippen molar-refractivity contribution in [2.45, 2.75) is 45.6 Å². The Morgan fingerprint density at radius 2 is 2.24 bits per heavy atom. The molecule has 1 aromatic heterocycles. The third kappa shape index (κ3) is 5.88. The van der Waals surface area contributed by atoms with Crippen LogP contribution in [0.3, 0.4) is 0 Å². The van der Waals surface area contributed by atoms with E-state index in [4.69, 9.17) is 9.47 Å². The van der Waals surface area contributed by atoms with Gasteiger partial charge in [-0.25, -0.2) is 9.78 Å². The molecule has 8 nitrogen and oxygen atoms in total. The Kier molecular flexibility index (Phi) is 6.17. The van der Waals surface area contributed by atoms with E-state index in [9.17, 15) is 14.9 Å². The van der Waals surface area contributed by atoms with E-state index in [-0.39, 0.29) is 23.6 Å². The summed E-state index contributed by atoms with van der Waals surface area (Å²) in [7, 11) is 0. The molecule has 1 aliphatic rings. The van der Waals surface area contributed by atoms with Gasteiger partial charge in [0.1, 0.15) is 5.60 Å². The zero-order valence-electron chi connectivity index (χ0n) is 14.9. The summed E-state index contributed by atoms with van der Waals surface area (Å²) in [5.74, 6) is 0.316. The van der Waals surface area contributed by atoms with Gasteiger partial charge in [0, 0.05) is 25.4 Å². The Hall–Kier alpha value is -2.38. The first-order valence-corrected chi connectivity index (χ1v) is 8.46. The summed E-state index contributed by atoms with van der Waals surface area (Å²) >= 11 is 0.